The lowest BCUT2D eigenvalue weighted by atomic mass is 10.2. The zero-order chi connectivity index (χ0) is 12.5. The van der Waals surface area contributed by atoms with Gasteiger partial charge in [-0.2, -0.15) is 0 Å². The molecule has 1 aromatic rings. The molecular weight excluding hydrogens is 216 g/mol. The Balaban J connectivity index is 2.12. The number of oxazole rings is 1. The van der Waals surface area contributed by atoms with E-state index < -0.39 is 0 Å². The van der Waals surface area contributed by atoms with Gasteiger partial charge in [0.1, 0.15) is 12.4 Å². The molecule has 0 amide bonds. The van der Waals surface area contributed by atoms with Gasteiger partial charge in [0.25, 0.3) is 0 Å². The highest BCUT2D eigenvalue weighted by atomic mass is 16.5. The summed E-state index contributed by atoms with van der Waals surface area (Å²) in [6.45, 7) is 9.70. The lowest BCUT2D eigenvalue weighted by molar-refractivity contribution is 0.117. The lowest BCUT2D eigenvalue weighted by Crippen LogP contribution is -2.21. The topological polar surface area (TPSA) is 47.3 Å². The summed E-state index contributed by atoms with van der Waals surface area (Å²) in [7, 11) is 0. The van der Waals surface area contributed by atoms with E-state index in [0.29, 0.717) is 19.1 Å². The van der Waals surface area contributed by atoms with Crippen molar-refractivity contribution in [2.45, 2.75) is 40.2 Å². The van der Waals surface area contributed by atoms with E-state index in [-0.39, 0.29) is 0 Å². The van der Waals surface area contributed by atoms with Crippen molar-refractivity contribution < 1.29 is 9.15 Å². The van der Waals surface area contributed by atoms with E-state index >= 15 is 0 Å². The first-order valence-corrected chi connectivity index (χ1v) is 6.44. The van der Waals surface area contributed by atoms with Crippen LogP contribution in [0.5, 0.6) is 0 Å². The van der Waals surface area contributed by atoms with Gasteiger partial charge in [-0.3, -0.25) is 0 Å². The third kappa shape index (κ3) is 6.44. The van der Waals surface area contributed by atoms with Gasteiger partial charge in [-0.25, -0.2) is 4.98 Å². The summed E-state index contributed by atoms with van der Waals surface area (Å²) < 4.78 is 10.8. The van der Waals surface area contributed by atoms with Crippen molar-refractivity contribution >= 4 is 0 Å². The smallest absolute Gasteiger partial charge is 0.194 e. The minimum absolute atomic E-state index is 0.523. The van der Waals surface area contributed by atoms with Crippen LogP contribution in [0.4, 0.5) is 0 Å². The Morgan fingerprint density at radius 3 is 3.00 bits per heavy atom. The predicted octanol–water partition coefficient (Wildman–Crippen LogP) is 2.39. The number of nitrogens with zero attached hydrogens (tertiary/aromatic N) is 1. The molecule has 0 aliphatic heterocycles. The van der Waals surface area contributed by atoms with Crippen molar-refractivity contribution in [1.29, 1.82) is 0 Å². The normalized spacial score (nSPS) is 11.3. The number of hydrogen-bond donors (Lipinski definition) is 1. The highest BCUT2D eigenvalue weighted by Gasteiger charge is 2.03. The average molecular weight is 240 g/mol. The van der Waals surface area contributed by atoms with Crippen LogP contribution in [0, 0.1) is 5.92 Å². The Labute approximate surface area is 104 Å². The Morgan fingerprint density at radius 1 is 1.47 bits per heavy atom. The molecule has 0 fully saturated rings. The summed E-state index contributed by atoms with van der Waals surface area (Å²) >= 11 is 0. The largest absolute Gasteiger partial charge is 0.443 e. The van der Waals surface area contributed by atoms with E-state index in [1.165, 1.54) is 0 Å². The second-order valence-electron chi connectivity index (χ2n) is 4.56. The predicted molar refractivity (Wildman–Crippen MR) is 67.9 cm³/mol. The molecule has 0 aliphatic carbocycles. The zero-order valence-corrected chi connectivity index (χ0v) is 11.2. The van der Waals surface area contributed by atoms with E-state index in [2.05, 4.69) is 24.1 Å². The van der Waals surface area contributed by atoms with Crippen LogP contribution in [-0.4, -0.2) is 24.7 Å². The van der Waals surface area contributed by atoms with E-state index in [0.717, 1.165) is 37.6 Å². The molecule has 0 aliphatic rings. The van der Waals surface area contributed by atoms with Gasteiger partial charge < -0.3 is 14.5 Å². The number of rotatable bonds is 9. The van der Waals surface area contributed by atoms with Gasteiger partial charge in [0, 0.05) is 13.0 Å². The quantitative estimate of drug-likeness (QED) is 0.673. The van der Waals surface area contributed by atoms with Gasteiger partial charge in [-0.1, -0.05) is 13.8 Å². The monoisotopic (exact) mass is 240 g/mol. The molecule has 0 spiro atoms. The van der Waals surface area contributed by atoms with Gasteiger partial charge in [0.2, 0.25) is 0 Å². The van der Waals surface area contributed by atoms with Gasteiger partial charge in [0.05, 0.1) is 6.20 Å². The number of ether oxygens (including phenoxy) is 1. The van der Waals surface area contributed by atoms with Crippen LogP contribution in [0.1, 0.15) is 38.8 Å². The van der Waals surface area contributed by atoms with Crippen LogP contribution in [0.2, 0.25) is 0 Å². The summed E-state index contributed by atoms with van der Waals surface area (Å²) in [4.78, 5) is 4.23. The maximum Gasteiger partial charge on any atom is 0.194 e. The average Bonchev–Trinajstić information content (AvgIpc) is 2.73. The molecule has 0 bridgehead atoms. The van der Waals surface area contributed by atoms with Crippen molar-refractivity contribution in [3.8, 4) is 0 Å². The fraction of sp³-hybridized carbons (Fsp3) is 0.769. The van der Waals surface area contributed by atoms with Gasteiger partial charge in [0.15, 0.2) is 5.89 Å². The molecule has 0 unspecified atom stereocenters. The molecule has 0 atom stereocenters. The second-order valence-corrected chi connectivity index (χ2v) is 4.56. The minimum atomic E-state index is 0.523. The highest BCUT2D eigenvalue weighted by molar-refractivity contribution is 4.92. The van der Waals surface area contributed by atoms with Crippen LogP contribution >= 0.6 is 0 Å². The van der Waals surface area contributed by atoms with Gasteiger partial charge >= 0.3 is 0 Å². The zero-order valence-electron chi connectivity index (χ0n) is 11.2. The fourth-order valence-electron chi connectivity index (χ4n) is 1.49. The number of nitrogens with one attached hydrogen (secondary N) is 1. The maximum absolute atomic E-state index is 5.55. The van der Waals surface area contributed by atoms with Crippen LogP contribution in [0.25, 0.3) is 0 Å². The number of aryl methyl sites for hydroxylation is 1. The third-order valence-corrected chi connectivity index (χ3v) is 2.35. The van der Waals surface area contributed by atoms with Crippen molar-refractivity contribution in [2.75, 3.05) is 19.7 Å². The first-order chi connectivity index (χ1) is 8.22. The summed E-state index contributed by atoms with van der Waals surface area (Å²) in [5, 5.41) is 3.40. The van der Waals surface area contributed by atoms with Crippen molar-refractivity contribution in [3.05, 3.63) is 17.8 Å². The summed E-state index contributed by atoms with van der Waals surface area (Å²) in [5.74, 6) is 2.33. The molecule has 0 aromatic carbocycles. The van der Waals surface area contributed by atoms with Gasteiger partial charge in [-0.15, -0.1) is 0 Å². The van der Waals surface area contributed by atoms with Crippen molar-refractivity contribution in [3.63, 3.8) is 0 Å². The molecule has 1 rings (SSSR count). The Morgan fingerprint density at radius 2 is 2.29 bits per heavy atom. The van der Waals surface area contributed by atoms with Crippen LogP contribution in [0.3, 0.4) is 0 Å². The standard InChI is InChI=1S/C13H24N2O2/c1-4-16-10-12-9-15-13(17-12)6-5-7-14-8-11(2)3/h9,11,14H,4-8,10H2,1-3H3. The van der Waals surface area contributed by atoms with Crippen molar-refractivity contribution in [2.24, 2.45) is 5.92 Å². The van der Waals surface area contributed by atoms with E-state index in [9.17, 15) is 0 Å². The molecule has 4 nitrogen and oxygen atoms in total. The second kappa shape index (κ2) is 8.25. The first kappa shape index (κ1) is 14.2. The Kier molecular flexibility index (Phi) is 6.89. The van der Waals surface area contributed by atoms with E-state index in [1.807, 2.05) is 6.92 Å². The maximum atomic E-state index is 5.55. The first-order valence-electron chi connectivity index (χ1n) is 6.44. The molecule has 0 saturated heterocycles. The lowest BCUT2D eigenvalue weighted by Gasteiger charge is -2.05. The molecule has 1 heterocycles. The third-order valence-electron chi connectivity index (χ3n) is 2.35. The molecular formula is C13H24N2O2. The Bertz CT molecular complexity index is 297. The molecule has 4 heteroatoms. The Hall–Kier alpha value is -0.870. The SMILES string of the molecule is CCOCc1cnc(CCCNCC(C)C)o1. The molecule has 98 valence electrons. The van der Waals surface area contributed by atoms with Crippen LogP contribution < -0.4 is 5.32 Å². The van der Waals surface area contributed by atoms with Crippen molar-refractivity contribution in [1.82, 2.24) is 10.3 Å². The molecule has 17 heavy (non-hydrogen) atoms. The summed E-state index contributed by atoms with van der Waals surface area (Å²) in [5.41, 5.74) is 0. The van der Waals surface area contributed by atoms with Gasteiger partial charge in [-0.05, 0) is 32.4 Å². The fourth-order valence-corrected chi connectivity index (χ4v) is 1.49. The summed E-state index contributed by atoms with van der Waals surface area (Å²) in [6, 6.07) is 0. The molecule has 1 N–H and O–H groups in total. The summed E-state index contributed by atoms with van der Waals surface area (Å²) in [6.07, 6.45) is 3.70. The molecule has 1 aromatic heterocycles. The van der Waals surface area contributed by atoms with Crippen LogP contribution in [0.15, 0.2) is 10.6 Å². The number of hydrogen-bond acceptors (Lipinski definition) is 4. The van der Waals surface area contributed by atoms with Crippen LogP contribution in [-0.2, 0) is 17.8 Å². The number of aromatic nitrogens is 1. The van der Waals surface area contributed by atoms with E-state index in [1.54, 1.807) is 6.20 Å². The minimum Gasteiger partial charge on any atom is -0.443 e. The van der Waals surface area contributed by atoms with E-state index in [4.69, 9.17) is 9.15 Å². The highest BCUT2D eigenvalue weighted by Crippen LogP contribution is 2.07. The molecule has 0 radical (unpaired) electrons. The molecule has 0 saturated carbocycles.